The molecule has 4 heteroatoms. The zero-order valence-corrected chi connectivity index (χ0v) is 10.7. The fourth-order valence-electron chi connectivity index (χ4n) is 2.29. The van der Waals surface area contributed by atoms with Gasteiger partial charge in [0.25, 0.3) is 0 Å². The second-order valence-electron chi connectivity index (χ2n) is 4.64. The van der Waals surface area contributed by atoms with Gasteiger partial charge in [0.15, 0.2) is 11.9 Å². The molecule has 4 nitrogen and oxygen atoms in total. The molecule has 1 aromatic carbocycles. The minimum absolute atomic E-state index is 0.273. The Kier molecular flexibility index (Phi) is 2.52. The first-order valence-corrected chi connectivity index (χ1v) is 6.50. The Labute approximate surface area is 116 Å². The van der Waals surface area contributed by atoms with Crippen LogP contribution in [-0.2, 0) is 0 Å². The van der Waals surface area contributed by atoms with E-state index in [0.29, 0.717) is 18.3 Å². The zero-order chi connectivity index (χ0) is 13.4. The summed E-state index contributed by atoms with van der Waals surface area (Å²) in [6, 6.07) is 7.91. The molecule has 3 heterocycles. The Morgan fingerprint density at radius 1 is 1.10 bits per heavy atom. The summed E-state index contributed by atoms with van der Waals surface area (Å²) in [7, 11) is 0. The third-order valence-corrected chi connectivity index (χ3v) is 3.29. The highest BCUT2D eigenvalue weighted by atomic mass is 16.5. The lowest BCUT2D eigenvalue weighted by Gasteiger charge is -2.21. The molecule has 0 saturated carbocycles. The maximum absolute atomic E-state index is 5.92. The minimum atomic E-state index is -0.273. The van der Waals surface area contributed by atoms with E-state index in [1.807, 2.05) is 48.6 Å². The van der Waals surface area contributed by atoms with Crippen LogP contribution in [0, 0.1) is 0 Å². The normalized spacial score (nSPS) is 18.7. The Bertz CT molecular complexity index is 722. The highest BCUT2D eigenvalue weighted by Gasteiger charge is 2.20. The quantitative estimate of drug-likeness (QED) is 0.794. The summed E-state index contributed by atoms with van der Waals surface area (Å²) in [6.45, 7) is 0.549. The smallest absolute Gasteiger partial charge is 0.224 e. The number of fused-ring (bicyclic) bond motifs is 2. The van der Waals surface area contributed by atoms with Gasteiger partial charge in [-0.1, -0.05) is 24.3 Å². The van der Waals surface area contributed by atoms with Crippen LogP contribution in [0.2, 0.25) is 0 Å². The first-order chi connectivity index (χ1) is 9.90. The number of aromatic nitrogens is 2. The van der Waals surface area contributed by atoms with E-state index in [0.717, 1.165) is 16.9 Å². The van der Waals surface area contributed by atoms with Gasteiger partial charge >= 0.3 is 0 Å². The fourth-order valence-corrected chi connectivity index (χ4v) is 2.29. The molecule has 0 spiro atoms. The van der Waals surface area contributed by atoms with Gasteiger partial charge in [-0.05, 0) is 24.3 Å². The van der Waals surface area contributed by atoms with Crippen molar-refractivity contribution in [1.82, 2.24) is 9.97 Å². The molecule has 2 aliphatic heterocycles. The lowest BCUT2D eigenvalue weighted by molar-refractivity contribution is 0.238. The van der Waals surface area contributed by atoms with Crippen LogP contribution in [0.4, 0.5) is 0 Å². The van der Waals surface area contributed by atoms with Gasteiger partial charge in [0.2, 0.25) is 5.88 Å². The number of ether oxygens (including phenoxy) is 2. The summed E-state index contributed by atoms with van der Waals surface area (Å²) in [6.07, 6.45) is 9.40. The van der Waals surface area contributed by atoms with Gasteiger partial charge < -0.3 is 9.47 Å². The van der Waals surface area contributed by atoms with Crippen LogP contribution in [0.15, 0.2) is 42.6 Å². The SMILES string of the molecule is C1=Cc2cnc(C3C=Cc4ccccc4O3)nc2OC1. The average Bonchev–Trinajstić information content (AvgIpc) is 2.54. The van der Waals surface area contributed by atoms with Gasteiger partial charge in [-0.3, -0.25) is 0 Å². The van der Waals surface area contributed by atoms with Gasteiger partial charge in [-0.2, -0.15) is 4.98 Å². The molecule has 0 amide bonds. The first kappa shape index (κ1) is 11.2. The second-order valence-corrected chi connectivity index (χ2v) is 4.64. The van der Waals surface area contributed by atoms with Crippen LogP contribution in [0.25, 0.3) is 12.2 Å². The van der Waals surface area contributed by atoms with Gasteiger partial charge in [-0.15, -0.1) is 0 Å². The minimum Gasteiger partial charge on any atom is -0.478 e. The number of hydrogen-bond donors (Lipinski definition) is 0. The molecule has 0 fully saturated rings. The number of rotatable bonds is 1. The highest BCUT2D eigenvalue weighted by Crippen LogP contribution is 2.32. The number of para-hydroxylation sites is 1. The van der Waals surface area contributed by atoms with Crippen molar-refractivity contribution < 1.29 is 9.47 Å². The standard InChI is InChI=1S/C16H12N2O2/c1-2-6-13-11(4-1)7-8-14(20-13)15-17-10-12-5-3-9-19-16(12)18-15/h1-8,10,14H,9H2. The maximum Gasteiger partial charge on any atom is 0.224 e. The molecule has 0 saturated heterocycles. The summed E-state index contributed by atoms with van der Waals surface area (Å²) in [5.74, 6) is 2.08. The molecule has 4 rings (SSSR count). The maximum atomic E-state index is 5.92. The Balaban J connectivity index is 1.68. The third-order valence-electron chi connectivity index (χ3n) is 3.29. The molecule has 1 atom stereocenters. The van der Waals surface area contributed by atoms with Gasteiger partial charge in [0, 0.05) is 11.8 Å². The summed E-state index contributed by atoms with van der Waals surface area (Å²) in [5, 5.41) is 0. The number of benzene rings is 1. The topological polar surface area (TPSA) is 44.2 Å². The van der Waals surface area contributed by atoms with Crippen LogP contribution in [0.3, 0.4) is 0 Å². The molecule has 0 radical (unpaired) electrons. The molecule has 98 valence electrons. The predicted molar refractivity (Wildman–Crippen MR) is 75.4 cm³/mol. The van der Waals surface area contributed by atoms with Gasteiger partial charge in [-0.25, -0.2) is 4.98 Å². The van der Waals surface area contributed by atoms with Crippen molar-refractivity contribution in [3.05, 3.63) is 59.6 Å². The molecular weight excluding hydrogens is 252 g/mol. The van der Waals surface area contributed by atoms with E-state index in [9.17, 15) is 0 Å². The molecule has 2 aromatic rings. The van der Waals surface area contributed by atoms with Crippen LogP contribution < -0.4 is 9.47 Å². The zero-order valence-electron chi connectivity index (χ0n) is 10.7. The summed E-state index contributed by atoms with van der Waals surface area (Å²) in [5.41, 5.74) is 1.97. The number of nitrogens with zero attached hydrogens (tertiary/aromatic N) is 2. The monoisotopic (exact) mass is 264 g/mol. The van der Waals surface area contributed by atoms with E-state index in [-0.39, 0.29) is 6.10 Å². The lowest BCUT2D eigenvalue weighted by atomic mass is 10.1. The van der Waals surface area contributed by atoms with Crippen molar-refractivity contribution in [2.75, 3.05) is 6.61 Å². The third kappa shape index (κ3) is 1.86. The van der Waals surface area contributed by atoms with Gasteiger partial charge in [0.1, 0.15) is 12.4 Å². The molecule has 20 heavy (non-hydrogen) atoms. The predicted octanol–water partition coefficient (Wildman–Crippen LogP) is 3.03. The summed E-state index contributed by atoms with van der Waals surface area (Å²) >= 11 is 0. The van der Waals surface area contributed by atoms with Crippen LogP contribution >= 0.6 is 0 Å². The second kappa shape index (κ2) is 4.49. The van der Waals surface area contributed by atoms with Gasteiger partial charge in [0.05, 0.1) is 5.56 Å². The van der Waals surface area contributed by atoms with E-state index >= 15 is 0 Å². The molecule has 1 unspecified atom stereocenters. The van der Waals surface area contributed by atoms with Crippen molar-refractivity contribution in [3.63, 3.8) is 0 Å². The average molecular weight is 264 g/mol. The molecule has 0 bridgehead atoms. The lowest BCUT2D eigenvalue weighted by Crippen LogP contribution is -2.14. The van der Waals surface area contributed by atoms with Crippen molar-refractivity contribution in [1.29, 1.82) is 0 Å². The molecular formula is C16H12N2O2. The molecule has 0 N–H and O–H groups in total. The van der Waals surface area contributed by atoms with E-state index in [2.05, 4.69) is 9.97 Å². The highest BCUT2D eigenvalue weighted by molar-refractivity contribution is 5.60. The Hall–Kier alpha value is -2.62. The van der Waals surface area contributed by atoms with E-state index < -0.39 is 0 Å². The Morgan fingerprint density at radius 3 is 3.05 bits per heavy atom. The van der Waals surface area contributed by atoms with Crippen molar-refractivity contribution >= 4 is 12.2 Å². The Morgan fingerprint density at radius 2 is 2.05 bits per heavy atom. The van der Waals surface area contributed by atoms with E-state index in [1.165, 1.54) is 0 Å². The summed E-state index contributed by atoms with van der Waals surface area (Å²) in [4.78, 5) is 8.82. The number of hydrogen-bond acceptors (Lipinski definition) is 4. The van der Waals surface area contributed by atoms with Crippen molar-refractivity contribution in [2.45, 2.75) is 6.10 Å². The van der Waals surface area contributed by atoms with E-state index in [4.69, 9.17) is 9.47 Å². The van der Waals surface area contributed by atoms with E-state index in [1.54, 1.807) is 6.20 Å². The van der Waals surface area contributed by atoms with Crippen molar-refractivity contribution in [3.8, 4) is 11.6 Å². The molecule has 0 aliphatic carbocycles. The fraction of sp³-hybridized carbons (Fsp3) is 0.125. The molecule has 2 aliphatic rings. The van der Waals surface area contributed by atoms with Crippen LogP contribution in [-0.4, -0.2) is 16.6 Å². The van der Waals surface area contributed by atoms with Crippen LogP contribution in [0.1, 0.15) is 23.1 Å². The largest absolute Gasteiger partial charge is 0.478 e. The summed E-state index contributed by atoms with van der Waals surface area (Å²) < 4.78 is 11.4. The van der Waals surface area contributed by atoms with Crippen LogP contribution in [0.5, 0.6) is 11.6 Å². The molecule has 1 aromatic heterocycles. The first-order valence-electron chi connectivity index (χ1n) is 6.50. The van der Waals surface area contributed by atoms with Crippen molar-refractivity contribution in [2.24, 2.45) is 0 Å².